The van der Waals surface area contributed by atoms with Gasteiger partial charge in [-0.3, -0.25) is 0 Å². The number of alkyl halides is 9. The van der Waals surface area contributed by atoms with Gasteiger partial charge in [0.05, 0.1) is 17.7 Å². The van der Waals surface area contributed by atoms with E-state index in [9.17, 15) is 49.1 Å². The van der Waals surface area contributed by atoms with Gasteiger partial charge in [0, 0.05) is 0 Å². The molecule has 0 amide bonds. The highest BCUT2D eigenvalue weighted by Crippen LogP contribution is 2.53. The molecule has 0 aliphatic carbocycles. The molecule has 2 rings (SSSR count). The Morgan fingerprint density at radius 3 is 1.55 bits per heavy atom. The number of carbonyl (C=O) groups is 2. The summed E-state index contributed by atoms with van der Waals surface area (Å²) < 4.78 is 131. The Morgan fingerprint density at radius 2 is 1.05 bits per heavy atom. The minimum Gasteiger partial charge on any atom is -0.494 e. The third-order valence-corrected chi connectivity index (χ3v) is 6.50. The van der Waals surface area contributed by atoms with Crippen LogP contribution in [0, 0.1) is 0 Å². The van der Waals surface area contributed by atoms with Crippen molar-refractivity contribution in [3.8, 4) is 11.5 Å². The number of benzene rings is 2. The van der Waals surface area contributed by atoms with Crippen LogP contribution in [0.25, 0.3) is 0 Å². The van der Waals surface area contributed by atoms with Gasteiger partial charge in [-0.1, -0.05) is 58.3 Å². The number of hydrogen-bond donors (Lipinski definition) is 0. The topological polar surface area (TPSA) is 61.8 Å². The molecule has 0 unspecified atom stereocenters. The molecule has 2 aromatic rings. The SMILES string of the molecule is CCCCCCCCCCCOc1ccc(C(=O)Oc2ccc(C(=O)OCC(F)(F)C(F)(F)C(F)(F)C(F)(F)F)cc2)cc1. The maximum Gasteiger partial charge on any atom is 0.460 e. The monoisotopic (exact) mass is 644 g/mol. The molecule has 0 fully saturated rings. The highest BCUT2D eigenvalue weighted by Gasteiger charge is 2.82. The van der Waals surface area contributed by atoms with Crippen molar-refractivity contribution in [3.63, 3.8) is 0 Å². The summed E-state index contributed by atoms with van der Waals surface area (Å²) in [5.74, 6) is -22.2. The molecule has 0 N–H and O–H groups in total. The lowest BCUT2D eigenvalue weighted by atomic mass is 10.0. The van der Waals surface area contributed by atoms with Gasteiger partial charge >= 0.3 is 35.9 Å². The Morgan fingerprint density at radius 1 is 0.591 bits per heavy atom. The normalized spacial score (nSPS) is 12.6. The van der Waals surface area contributed by atoms with Crippen molar-refractivity contribution in [2.75, 3.05) is 13.2 Å². The number of esters is 2. The van der Waals surface area contributed by atoms with E-state index < -0.39 is 48.1 Å². The first-order valence-corrected chi connectivity index (χ1v) is 14.0. The van der Waals surface area contributed by atoms with E-state index in [-0.39, 0.29) is 11.3 Å². The molecule has 0 aliphatic rings. The molecule has 14 heteroatoms. The molecule has 0 saturated heterocycles. The van der Waals surface area contributed by atoms with Gasteiger partial charge < -0.3 is 14.2 Å². The first-order chi connectivity index (χ1) is 20.5. The number of carbonyl (C=O) groups excluding carboxylic acids is 2. The van der Waals surface area contributed by atoms with Crippen LogP contribution >= 0.6 is 0 Å². The standard InChI is InChI=1S/C30H33F9O5/c1-2-3-4-5-6-7-8-9-10-19-42-23-15-11-22(12-16-23)26(41)44-24-17-13-21(14-18-24)25(40)43-20-27(31,32)28(33,34)29(35,36)30(37,38)39/h11-18H,2-10,19-20H2,1H3. The smallest absolute Gasteiger partial charge is 0.460 e. The molecule has 0 saturated carbocycles. The zero-order valence-electron chi connectivity index (χ0n) is 23.8. The zero-order chi connectivity index (χ0) is 33.0. The molecule has 0 atom stereocenters. The van der Waals surface area contributed by atoms with Crippen LogP contribution in [0.3, 0.4) is 0 Å². The lowest BCUT2D eigenvalue weighted by molar-refractivity contribution is -0.398. The molecule has 44 heavy (non-hydrogen) atoms. The summed E-state index contributed by atoms with van der Waals surface area (Å²) in [6, 6.07) is 9.84. The van der Waals surface area contributed by atoms with E-state index in [0.29, 0.717) is 12.4 Å². The zero-order valence-corrected chi connectivity index (χ0v) is 23.8. The van der Waals surface area contributed by atoms with E-state index in [1.807, 2.05) is 0 Å². The molecule has 0 spiro atoms. The van der Waals surface area contributed by atoms with Crippen molar-refractivity contribution in [2.24, 2.45) is 0 Å². The van der Waals surface area contributed by atoms with Crippen molar-refractivity contribution in [2.45, 2.75) is 88.7 Å². The minimum absolute atomic E-state index is 0.126. The van der Waals surface area contributed by atoms with E-state index >= 15 is 0 Å². The Balaban J connectivity index is 1.80. The Kier molecular flexibility index (Phi) is 13.4. The fraction of sp³-hybridized carbons (Fsp3) is 0.533. The van der Waals surface area contributed by atoms with Gasteiger partial charge in [0.1, 0.15) is 11.5 Å². The Hall–Kier alpha value is -3.45. The van der Waals surface area contributed by atoms with Crippen LogP contribution in [0.1, 0.15) is 85.4 Å². The van der Waals surface area contributed by atoms with E-state index in [4.69, 9.17) is 9.47 Å². The van der Waals surface area contributed by atoms with Crippen molar-refractivity contribution in [1.82, 2.24) is 0 Å². The number of unbranched alkanes of at least 4 members (excludes halogenated alkanes) is 8. The Labute approximate surface area is 248 Å². The molecule has 0 aliphatic heterocycles. The molecule has 0 aromatic heterocycles. The maximum atomic E-state index is 13.6. The van der Waals surface area contributed by atoms with Gasteiger partial charge in [0.2, 0.25) is 0 Å². The largest absolute Gasteiger partial charge is 0.494 e. The summed E-state index contributed by atoms with van der Waals surface area (Å²) in [5, 5.41) is 0. The van der Waals surface area contributed by atoms with Crippen molar-refractivity contribution in [1.29, 1.82) is 0 Å². The third kappa shape index (κ3) is 10.0. The highest BCUT2D eigenvalue weighted by molar-refractivity contribution is 5.92. The predicted octanol–water partition coefficient (Wildman–Crippen LogP) is 9.44. The van der Waals surface area contributed by atoms with Crippen LogP contribution < -0.4 is 9.47 Å². The molecular formula is C30H33F9O5. The second-order valence-electron chi connectivity index (χ2n) is 10.0. The van der Waals surface area contributed by atoms with Gasteiger partial charge in [0.15, 0.2) is 6.61 Å². The fourth-order valence-corrected chi connectivity index (χ4v) is 3.85. The summed E-state index contributed by atoms with van der Waals surface area (Å²) in [6.07, 6.45) is 3.59. The second-order valence-corrected chi connectivity index (χ2v) is 10.0. The number of rotatable bonds is 18. The van der Waals surface area contributed by atoms with Crippen LogP contribution in [0.5, 0.6) is 11.5 Å². The van der Waals surface area contributed by atoms with Crippen LogP contribution in [0.2, 0.25) is 0 Å². The van der Waals surface area contributed by atoms with Crippen LogP contribution in [-0.4, -0.2) is 49.1 Å². The molecule has 5 nitrogen and oxygen atoms in total. The number of halogens is 9. The summed E-state index contributed by atoms with van der Waals surface area (Å²) in [7, 11) is 0. The molecule has 0 bridgehead atoms. The second kappa shape index (κ2) is 16.0. The average molecular weight is 645 g/mol. The van der Waals surface area contributed by atoms with Crippen LogP contribution in [0.4, 0.5) is 39.5 Å². The van der Waals surface area contributed by atoms with Gasteiger partial charge in [-0.25, -0.2) is 9.59 Å². The maximum absolute atomic E-state index is 13.6. The summed E-state index contributed by atoms with van der Waals surface area (Å²) in [5.41, 5.74) is -0.428. The molecule has 246 valence electrons. The highest BCUT2D eigenvalue weighted by atomic mass is 19.4. The van der Waals surface area contributed by atoms with Crippen LogP contribution in [-0.2, 0) is 4.74 Å². The first kappa shape index (κ1) is 36.7. The van der Waals surface area contributed by atoms with E-state index in [0.717, 1.165) is 43.5 Å². The Bertz CT molecular complexity index is 1180. The van der Waals surface area contributed by atoms with Crippen molar-refractivity contribution in [3.05, 3.63) is 59.7 Å². The van der Waals surface area contributed by atoms with Crippen molar-refractivity contribution >= 4 is 11.9 Å². The van der Waals surface area contributed by atoms with Crippen LogP contribution in [0.15, 0.2) is 48.5 Å². The predicted molar refractivity (Wildman–Crippen MR) is 142 cm³/mol. The van der Waals surface area contributed by atoms with Crippen molar-refractivity contribution < 1.29 is 63.3 Å². The number of hydrogen-bond acceptors (Lipinski definition) is 5. The van der Waals surface area contributed by atoms with Gasteiger partial charge in [0.25, 0.3) is 0 Å². The van der Waals surface area contributed by atoms with E-state index in [2.05, 4.69) is 11.7 Å². The summed E-state index contributed by atoms with van der Waals surface area (Å²) >= 11 is 0. The minimum atomic E-state index is -7.10. The molecular weight excluding hydrogens is 611 g/mol. The first-order valence-electron chi connectivity index (χ1n) is 14.0. The molecule has 2 aromatic carbocycles. The van der Waals surface area contributed by atoms with Gasteiger partial charge in [-0.05, 0) is 55.0 Å². The van der Waals surface area contributed by atoms with E-state index in [1.54, 1.807) is 12.1 Å². The average Bonchev–Trinajstić information content (AvgIpc) is 2.96. The quantitative estimate of drug-likeness (QED) is 0.0701. The lowest BCUT2D eigenvalue weighted by Crippen LogP contribution is -2.62. The summed E-state index contributed by atoms with van der Waals surface area (Å²) in [6.45, 7) is -0.0587. The summed E-state index contributed by atoms with van der Waals surface area (Å²) in [4.78, 5) is 24.3. The van der Waals surface area contributed by atoms with Gasteiger partial charge in [-0.15, -0.1) is 0 Å². The van der Waals surface area contributed by atoms with Gasteiger partial charge in [-0.2, -0.15) is 39.5 Å². The molecule has 0 radical (unpaired) electrons. The third-order valence-electron chi connectivity index (χ3n) is 6.50. The lowest BCUT2D eigenvalue weighted by Gasteiger charge is -2.33. The fourth-order valence-electron chi connectivity index (χ4n) is 3.85. The molecule has 0 heterocycles. The van der Waals surface area contributed by atoms with E-state index in [1.165, 1.54) is 50.7 Å². The number of ether oxygens (including phenoxy) is 3.